The van der Waals surface area contributed by atoms with Crippen molar-refractivity contribution in [3.63, 3.8) is 0 Å². The van der Waals surface area contributed by atoms with Crippen LogP contribution in [-0.4, -0.2) is 35.5 Å². The standard InChI is InChI=1S/C37H44N4O3/c1-6-39-31-17-16-30(26(3)35(31)38)34(37(4,5)36(42)44-24-27-11-8-7-9-12-27)28-15-14-25(2)29(21-28)22-41-19-20-43-33-13-10-18-40-32(33)23-41/h7-18,21,34,39H,6,19-20,22-24,38H2,1-5H3. The summed E-state index contributed by atoms with van der Waals surface area (Å²) in [5.41, 5.74) is 14.7. The number of nitrogens with two attached hydrogens (primary N) is 1. The quantitative estimate of drug-likeness (QED) is 0.151. The number of ether oxygens (including phenoxy) is 2. The number of carbonyl (C=O) groups excluding carboxylic acids is 1. The minimum Gasteiger partial charge on any atom is -0.490 e. The summed E-state index contributed by atoms with van der Waals surface area (Å²) in [6.07, 6.45) is 1.82. The SMILES string of the molecule is CCNc1ccc(C(c2ccc(C)c(CN3CCOc4cccnc4C3)c2)C(C)(C)C(=O)OCc2ccccc2)c(C)c1N. The van der Waals surface area contributed by atoms with Crippen molar-refractivity contribution >= 4 is 17.3 Å². The summed E-state index contributed by atoms with van der Waals surface area (Å²) in [4.78, 5) is 20.9. The fraction of sp³-hybridized carbons (Fsp3) is 0.351. The predicted molar refractivity (Wildman–Crippen MR) is 177 cm³/mol. The predicted octanol–water partition coefficient (Wildman–Crippen LogP) is 7.01. The second-order valence-corrected chi connectivity index (χ2v) is 12.2. The normalized spacial score (nSPS) is 14.2. The molecule has 0 saturated carbocycles. The largest absolute Gasteiger partial charge is 0.490 e. The number of carbonyl (C=O) groups is 1. The molecule has 1 aliphatic rings. The molecule has 4 aromatic rings. The van der Waals surface area contributed by atoms with Gasteiger partial charge >= 0.3 is 5.97 Å². The van der Waals surface area contributed by atoms with E-state index in [1.54, 1.807) is 0 Å². The van der Waals surface area contributed by atoms with Crippen LogP contribution in [0.2, 0.25) is 0 Å². The van der Waals surface area contributed by atoms with Crippen LogP contribution in [-0.2, 0) is 29.2 Å². The molecule has 3 aromatic carbocycles. The molecule has 2 heterocycles. The Kier molecular flexibility index (Phi) is 9.55. The van der Waals surface area contributed by atoms with Gasteiger partial charge in [0.25, 0.3) is 0 Å². The van der Waals surface area contributed by atoms with E-state index >= 15 is 0 Å². The number of nitrogen functional groups attached to an aromatic ring is 1. The van der Waals surface area contributed by atoms with Crippen molar-refractivity contribution in [2.45, 2.75) is 60.2 Å². The molecule has 0 amide bonds. The summed E-state index contributed by atoms with van der Waals surface area (Å²) < 4.78 is 11.9. The first kappa shape index (κ1) is 31.1. The highest BCUT2D eigenvalue weighted by molar-refractivity contribution is 5.80. The number of benzene rings is 3. The molecule has 0 fully saturated rings. The Labute approximate surface area is 261 Å². The zero-order valence-electron chi connectivity index (χ0n) is 26.5. The van der Waals surface area contributed by atoms with E-state index < -0.39 is 5.41 Å². The van der Waals surface area contributed by atoms with Gasteiger partial charge in [-0.05, 0) is 86.2 Å². The number of esters is 1. The van der Waals surface area contributed by atoms with Gasteiger partial charge in [0.1, 0.15) is 19.0 Å². The maximum atomic E-state index is 13.9. The smallest absolute Gasteiger partial charge is 0.312 e. The first-order chi connectivity index (χ1) is 21.2. The molecule has 44 heavy (non-hydrogen) atoms. The Hall–Kier alpha value is -4.36. The summed E-state index contributed by atoms with van der Waals surface area (Å²) in [5.74, 6) is 0.304. The van der Waals surface area contributed by atoms with Gasteiger partial charge < -0.3 is 20.5 Å². The van der Waals surface area contributed by atoms with Gasteiger partial charge in [0.05, 0.1) is 22.5 Å². The first-order valence-corrected chi connectivity index (χ1v) is 15.4. The molecule has 7 heteroatoms. The van der Waals surface area contributed by atoms with Crippen LogP contribution in [0.15, 0.2) is 79.0 Å². The number of rotatable bonds is 10. The third-order valence-electron chi connectivity index (χ3n) is 8.68. The lowest BCUT2D eigenvalue weighted by atomic mass is 9.69. The minimum atomic E-state index is -0.891. The average Bonchev–Trinajstić information content (AvgIpc) is 3.23. The second-order valence-electron chi connectivity index (χ2n) is 12.2. The lowest BCUT2D eigenvalue weighted by molar-refractivity contribution is -0.156. The number of fused-ring (bicyclic) bond motifs is 1. The van der Waals surface area contributed by atoms with Crippen molar-refractivity contribution in [3.8, 4) is 5.75 Å². The summed E-state index contributed by atoms with van der Waals surface area (Å²) >= 11 is 0. The van der Waals surface area contributed by atoms with Crippen molar-refractivity contribution < 1.29 is 14.3 Å². The molecule has 1 aromatic heterocycles. The topological polar surface area (TPSA) is 89.7 Å². The van der Waals surface area contributed by atoms with Gasteiger partial charge in [0.15, 0.2) is 0 Å². The Morgan fingerprint density at radius 1 is 1.09 bits per heavy atom. The molecule has 0 spiro atoms. The van der Waals surface area contributed by atoms with Crippen LogP contribution in [0.25, 0.3) is 0 Å². The first-order valence-electron chi connectivity index (χ1n) is 15.4. The number of aromatic nitrogens is 1. The molecule has 0 saturated heterocycles. The van der Waals surface area contributed by atoms with E-state index in [9.17, 15) is 4.79 Å². The zero-order chi connectivity index (χ0) is 31.3. The second kappa shape index (κ2) is 13.5. The third kappa shape index (κ3) is 6.73. The summed E-state index contributed by atoms with van der Waals surface area (Å²) in [6.45, 7) is 14.0. The van der Waals surface area contributed by atoms with Gasteiger partial charge in [-0.3, -0.25) is 14.7 Å². The van der Waals surface area contributed by atoms with Gasteiger partial charge in [0, 0.05) is 38.3 Å². The Morgan fingerprint density at radius 2 is 1.89 bits per heavy atom. The number of hydrogen-bond donors (Lipinski definition) is 2. The van der Waals surface area contributed by atoms with Crippen LogP contribution >= 0.6 is 0 Å². The molecule has 7 nitrogen and oxygen atoms in total. The van der Waals surface area contributed by atoms with E-state index in [2.05, 4.69) is 53.3 Å². The van der Waals surface area contributed by atoms with E-state index in [1.165, 1.54) is 11.1 Å². The van der Waals surface area contributed by atoms with Crippen molar-refractivity contribution in [1.82, 2.24) is 9.88 Å². The molecule has 1 atom stereocenters. The fourth-order valence-corrected chi connectivity index (χ4v) is 6.08. The summed E-state index contributed by atoms with van der Waals surface area (Å²) in [5, 5.41) is 3.36. The van der Waals surface area contributed by atoms with Crippen molar-refractivity contribution in [3.05, 3.63) is 118 Å². The van der Waals surface area contributed by atoms with Crippen LogP contribution in [0, 0.1) is 19.3 Å². The summed E-state index contributed by atoms with van der Waals surface area (Å²) in [7, 11) is 0. The van der Waals surface area contributed by atoms with Gasteiger partial charge in [-0.25, -0.2) is 0 Å². The monoisotopic (exact) mass is 592 g/mol. The molecule has 3 N–H and O–H groups in total. The van der Waals surface area contributed by atoms with Crippen LogP contribution < -0.4 is 15.8 Å². The highest BCUT2D eigenvalue weighted by atomic mass is 16.5. The maximum absolute atomic E-state index is 13.9. The highest BCUT2D eigenvalue weighted by Gasteiger charge is 2.41. The highest BCUT2D eigenvalue weighted by Crippen LogP contribution is 2.45. The number of nitrogens with zero attached hydrogens (tertiary/aromatic N) is 2. The molecule has 0 bridgehead atoms. The van der Waals surface area contributed by atoms with E-state index in [0.717, 1.165) is 59.0 Å². The Morgan fingerprint density at radius 3 is 2.66 bits per heavy atom. The lowest BCUT2D eigenvalue weighted by Gasteiger charge is -2.35. The van der Waals surface area contributed by atoms with Gasteiger partial charge in [-0.1, -0.05) is 54.6 Å². The molecule has 1 unspecified atom stereocenters. The molecule has 0 radical (unpaired) electrons. The van der Waals surface area contributed by atoms with E-state index in [4.69, 9.17) is 15.2 Å². The minimum absolute atomic E-state index is 0.224. The number of anilines is 2. The van der Waals surface area contributed by atoms with Gasteiger partial charge in [0.2, 0.25) is 0 Å². The molecule has 0 aliphatic carbocycles. The molecular formula is C37H44N4O3. The maximum Gasteiger partial charge on any atom is 0.312 e. The van der Waals surface area contributed by atoms with Crippen LogP contribution in [0.3, 0.4) is 0 Å². The number of hydrogen-bond acceptors (Lipinski definition) is 7. The van der Waals surface area contributed by atoms with E-state index in [0.29, 0.717) is 18.8 Å². The molecule has 5 rings (SSSR count). The van der Waals surface area contributed by atoms with Crippen LogP contribution in [0.1, 0.15) is 65.8 Å². The Bertz CT molecular complexity index is 1600. The number of nitrogens with one attached hydrogen (secondary N) is 1. The average molecular weight is 593 g/mol. The molecule has 1 aliphatic heterocycles. The van der Waals surface area contributed by atoms with Crippen LogP contribution in [0.4, 0.5) is 11.4 Å². The van der Waals surface area contributed by atoms with Crippen LogP contribution in [0.5, 0.6) is 5.75 Å². The van der Waals surface area contributed by atoms with Crippen molar-refractivity contribution in [2.24, 2.45) is 5.41 Å². The van der Waals surface area contributed by atoms with Crippen molar-refractivity contribution in [1.29, 1.82) is 0 Å². The van der Waals surface area contributed by atoms with Gasteiger partial charge in [-0.15, -0.1) is 0 Å². The number of pyridine rings is 1. The molecule has 230 valence electrons. The number of aryl methyl sites for hydroxylation is 1. The molecular weight excluding hydrogens is 548 g/mol. The third-order valence-corrected chi connectivity index (χ3v) is 8.68. The zero-order valence-corrected chi connectivity index (χ0v) is 26.5. The van der Waals surface area contributed by atoms with E-state index in [1.807, 2.05) is 75.5 Å². The van der Waals surface area contributed by atoms with E-state index in [-0.39, 0.29) is 18.5 Å². The fourth-order valence-electron chi connectivity index (χ4n) is 6.08. The lowest BCUT2D eigenvalue weighted by Crippen LogP contribution is -2.34. The van der Waals surface area contributed by atoms with Crippen molar-refractivity contribution in [2.75, 3.05) is 30.7 Å². The summed E-state index contributed by atoms with van der Waals surface area (Å²) in [6, 6.07) is 24.4. The Balaban J connectivity index is 1.51. The van der Waals surface area contributed by atoms with Gasteiger partial charge in [-0.2, -0.15) is 0 Å².